The van der Waals surface area contributed by atoms with Crippen LogP contribution in [0, 0.1) is 5.82 Å². The number of hydrogen-bond donors (Lipinski definition) is 3. The summed E-state index contributed by atoms with van der Waals surface area (Å²) in [7, 11) is 0. The number of benzene rings is 1. The van der Waals surface area contributed by atoms with Crippen molar-refractivity contribution in [1.29, 1.82) is 0 Å². The molecule has 1 aromatic carbocycles. The maximum atomic E-state index is 13.0. The van der Waals surface area contributed by atoms with Gasteiger partial charge in [0, 0.05) is 13.3 Å². The molecule has 132 valence electrons. The molecule has 0 aliphatic carbocycles. The van der Waals surface area contributed by atoms with E-state index >= 15 is 0 Å². The first-order valence-electron chi connectivity index (χ1n) is 7.88. The van der Waals surface area contributed by atoms with Gasteiger partial charge in [0.2, 0.25) is 11.8 Å². The van der Waals surface area contributed by atoms with E-state index in [0.29, 0.717) is 18.4 Å². The number of halogens is 1. The molecule has 0 bridgehead atoms. The summed E-state index contributed by atoms with van der Waals surface area (Å²) in [5, 5.41) is 14.2. The summed E-state index contributed by atoms with van der Waals surface area (Å²) in [6.45, 7) is 3.20. The molecule has 0 radical (unpaired) electrons. The highest BCUT2D eigenvalue weighted by atomic mass is 19.1. The molecular formula is C17H23FN2O4. The Hall–Kier alpha value is -2.44. The third-order valence-corrected chi connectivity index (χ3v) is 3.51. The molecule has 0 spiro atoms. The van der Waals surface area contributed by atoms with Crippen LogP contribution < -0.4 is 10.6 Å². The molecule has 0 unspecified atom stereocenters. The zero-order valence-corrected chi connectivity index (χ0v) is 13.8. The Morgan fingerprint density at radius 2 is 1.75 bits per heavy atom. The zero-order valence-electron chi connectivity index (χ0n) is 13.8. The summed E-state index contributed by atoms with van der Waals surface area (Å²) < 4.78 is 13.0. The molecule has 0 aliphatic heterocycles. The maximum absolute atomic E-state index is 13.0. The minimum Gasteiger partial charge on any atom is -0.480 e. The lowest BCUT2D eigenvalue weighted by Crippen LogP contribution is -2.52. The molecule has 6 nitrogen and oxygen atoms in total. The maximum Gasteiger partial charge on any atom is 0.326 e. The van der Waals surface area contributed by atoms with Crippen molar-refractivity contribution in [2.75, 3.05) is 0 Å². The van der Waals surface area contributed by atoms with Gasteiger partial charge < -0.3 is 15.7 Å². The van der Waals surface area contributed by atoms with Crippen LogP contribution in [0.4, 0.5) is 4.39 Å². The normalized spacial score (nSPS) is 13.0. The standard InChI is InChI=1S/C17H23FN2O4/c1-3-4-5-14(17(23)24)20-16(22)15(19-11(2)21)10-12-6-8-13(18)9-7-12/h6-9,14-15H,3-5,10H2,1-2H3,(H,19,21)(H,20,22)(H,23,24)/t14-,15+/m1/s1. The zero-order chi connectivity index (χ0) is 18.1. The fourth-order valence-electron chi connectivity index (χ4n) is 2.25. The van der Waals surface area contributed by atoms with Gasteiger partial charge in [0.05, 0.1) is 0 Å². The Labute approximate surface area is 140 Å². The minimum absolute atomic E-state index is 0.145. The van der Waals surface area contributed by atoms with Gasteiger partial charge in [-0.15, -0.1) is 0 Å². The third-order valence-electron chi connectivity index (χ3n) is 3.51. The van der Waals surface area contributed by atoms with Crippen LogP contribution in [0.25, 0.3) is 0 Å². The first kappa shape index (κ1) is 19.6. The van der Waals surface area contributed by atoms with E-state index in [1.165, 1.54) is 31.2 Å². The fourth-order valence-corrected chi connectivity index (χ4v) is 2.25. The Kier molecular flexibility index (Phi) is 7.88. The van der Waals surface area contributed by atoms with Gasteiger partial charge in [-0.05, 0) is 24.1 Å². The van der Waals surface area contributed by atoms with Crippen molar-refractivity contribution in [3.8, 4) is 0 Å². The van der Waals surface area contributed by atoms with E-state index < -0.39 is 35.7 Å². The Bertz CT molecular complexity index is 574. The van der Waals surface area contributed by atoms with Crippen LogP contribution in [0.1, 0.15) is 38.7 Å². The van der Waals surface area contributed by atoms with E-state index in [-0.39, 0.29) is 6.42 Å². The number of carbonyl (C=O) groups is 3. The summed E-state index contributed by atoms with van der Waals surface area (Å²) in [4.78, 5) is 34.9. The average Bonchev–Trinajstić information content (AvgIpc) is 2.52. The topological polar surface area (TPSA) is 95.5 Å². The van der Waals surface area contributed by atoms with E-state index in [2.05, 4.69) is 10.6 Å². The van der Waals surface area contributed by atoms with Crippen LogP contribution in [0.3, 0.4) is 0 Å². The van der Waals surface area contributed by atoms with Gasteiger partial charge in [-0.25, -0.2) is 9.18 Å². The number of carbonyl (C=O) groups excluding carboxylic acids is 2. The van der Waals surface area contributed by atoms with Crippen LogP contribution in [0.5, 0.6) is 0 Å². The van der Waals surface area contributed by atoms with Gasteiger partial charge in [-0.3, -0.25) is 9.59 Å². The Balaban J connectivity index is 2.81. The lowest BCUT2D eigenvalue weighted by atomic mass is 10.0. The van der Waals surface area contributed by atoms with E-state index in [9.17, 15) is 23.9 Å². The van der Waals surface area contributed by atoms with Gasteiger partial charge in [0.15, 0.2) is 0 Å². The van der Waals surface area contributed by atoms with Crippen molar-refractivity contribution in [2.24, 2.45) is 0 Å². The van der Waals surface area contributed by atoms with Crippen molar-refractivity contribution in [1.82, 2.24) is 10.6 Å². The van der Waals surface area contributed by atoms with Crippen molar-refractivity contribution in [2.45, 2.75) is 51.6 Å². The number of amides is 2. The lowest BCUT2D eigenvalue weighted by molar-refractivity contribution is -0.142. The fraction of sp³-hybridized carbons (Fsp3) is 0.471. The average molecular weight is 338 g/mol. The number of carboxylic acid groups (broad SMARTS) is 1. The van der Waals surface area contributed by atoms with Gasteiger partial charge in [0.25, 0.3) is 0 Å². The highest BCUT2D eigenvalue weighted by Gasteiger charge is 2.25. The summed E-state index contributed by atoms with van der Waals surface area (Å²) in [5.74, 6) is -2.49. The quantitative estimate of drug-likeness (QED) is 0.638. The van der Waals surface area contributed by atoms with Gasteiger partial charge in [-0.1, -0.05) is 31.9 Å². The number of hydrogen-bond acceptors (Lipinski definition) is 3. The predicted octanol–water partition coefficient (Wildman–Crippen LogP) is 1.63. The molecule has 0 saturated carbocycles. The number of nitrogens with one attached hydrogen (secondary N) is 2. The molecule has 0 fully saturated rings. The molecule has 2 atom stereocenters. The second-order valence-corrected chi connectivity index (χ2v) is 5.63. The van der Waals surface area contributed by atoms with Gasteiger partial charge in [0.1, 0.15) is 17.9 Å². The molecule has 2 amide bonds. The smallest absolute Gasteiger partial charge is 0.326 e. The summed E-state index contributed by atoms with van der Waals surface area (Å²) in [6.07, 6.45) is 1.94. The molecule has 0 heterocycles. The Morgan fingerprint density at radius 3 is 2.25 bits per heavy atom. The number of unbranched alkanes of at least 4 members (excludes halogenated alkanes) is 1. The van der Waals surface area contributed by atoms with E-state index in [0.717, 1.165) is 6.42 Å². The second kappa shape index (κ2) is 9.64. The highest BCUT2D eigenvalue weighted by molar-refractivity contribution is 5.90. The molecule has 0 aromatic heterocycles. The van der Waals surface area contributed by atoms with Crippen molar-refractivity contribution < 1.29 is 23.9 Å². The second-order valence-electron chi connectivity index (χ2n) is 5.63. The van der Waals surface area contributed by atoms with Crippen LogP contribution in [-0.2, 0) is 20.8 Å². The lowest BCUT2D eigenvalue weighted by Gasteiger charge is -2.21. The third kappa shape index (κ3) is 6.76. The first-order chi connectivity index (χ1) is 11.3. The molecule has 24 heavy (non-hydrogen) atoms. The van der Waals surface area contributed by atoms with Gasteiger partial charge >= 0.3 is 5.97 Å². The summed E-state index contributed by atoms with van der Waals surface area (Å²) >= 11 is 0. The van der Waals surface area contributed by atoms with Gasteiger partial charge in [-0.2, -0.15) is 0 Å². The van der Waals surface area contributed by atoms with Crippen LogP contribution in [-0.4, -0.2) is 35.0 Å². The summed E-state index contributed by atoms with van der Waals surface area (Å²) in [6, 6.07) is 3.64. The van der Waals surface area contributed by atoms with E-state index in [4.69, 9.17) is 0 Å². The van der Waals surface area contributed by atoms with E-state index in [1.807, 2.05) is 6.92 Å². The summed E-state index contributed by atoms with van der Waals surface area (Å²) in [5.41, 5.74) is 0.658. The molecule has 1 rings (SSSR count). The first-order valence-corrected chi connectivity index (χ1v) is 7.88. The highest BCUT2D eigenvalue weighted by Crippen LogP contribution is 2.08. The number of rotatable bonds is 9. The molecule has 0 aliphatic rings. The number of carboxylic acids is 1. The van der Waals surface area contributed by atoms with Crippen molar-refractivity contribution >= 4 is 17.8 Å². The monoisotopic (exact) mass is 338 g/mol. The number of aliphatic carboxylic acids is 1. The van der Waals surface area contributed by atoms with Crippen LogP contribution >= 0.6 is 0 Å². The Morgan fingerprint density at radius 1 is 1.12 bits per heavy atom. The largest absolute Gasteiger partial charge is 0.480 e. The molecule has 1 aromatic rings. The molecule has 3 N–H and O–H groups in total. The molecule has 0 saturated heterocycles. The SMILES string of the molecule is CCCC[C@@H](NC(=O)[C@H](Cc1ccc(F)cc1)NC(C)=O)C(=O)O. The molecular weight excluding hydrogens is 315 g/mol. The van der Waals surface area contributed by atoms with Crippen LogP contribution in [0.2, 0.25) is 0 Å². The minimum atomic E-state index is -1.11. The van der Waals surface area contributed by atoms with Crippen molar-refractivity contribution in [3.63, 3.8) is 0 Å². The predicted molar refractivity (Wildman–Crippen MR) is 86.8 cm³/mol. The van der Waals surface area contributed by atoms with E-state index in [1.54, 1.807) is 0 Å². The van der Waals surface area contributed by atoms with Crippen molar-refractivity contribution in [3.05, 3.63) is 35.6 Å². The van der Waals surface area contributed by atoms with Crippen LogP contribution in [0.15, 0.2) is 24.3 Å². The molecule has 7 heteroatoms.